The van der Waals surface area contributed by atoms with Crippen molar-refractivity contribution in [2.45, 2.75) is 31.2 Å². The van der Waals surface area contributed by atoms with E-state index in [0.29, 0.717) is 31.0 Å². The molecule has 1 amide bonds. The molecule has 1 saturated heterocycles. The Morgan fingerprint density at radius 3 is 2.47 bits per heavy atom. The fourth-order valence-electron chi connectivity index (χ4n) is 5.72. The van der Waals surface area contributed by atoms with Gasteiger partial charge in [-0.15, -0.1) is 0 Å². The fraction of sp³-hybridized carbons (Fsp3) is 0.458. The molecule has 32 heavy (non-hydrogen) atoms. The third-order valence-corrected chi connectivity index (χ3v) is 7.96. The maximum absolute atomic E-state index is 14.4. The van der Waals surface area contributed by atoms with E-state index in [1.54, 1.807) is 12.1 Å². The van der Waals surface area contributed by atoms with Crippen LogP contribution in [0.2, 0.25) is 0 Å². The minimum absolute atomic E-state index is 0.0494. The predicted octanol–water partition coefficient (Wildman–Crippen LogP) is 3.52. The molecule has 0 spiro atoms. The normalized spacial score (nSPS) is 29.2. The number of halogens is 2. The molecule has 2 aliphatic carbocycles. The standard InChI is InChI=1S/C24H26F2N2O3S/c1-32(30,31)27-22-10-9-14-12-28(13-19(14)22)24(29)18-11-17(18)15-5-2-3-6-16(15)23-20(25)7-4-8-21(23)26/h2-8,14,17-19,22,27H,9-13H2,1H3/t14-,17-,18+,19+,22+/m0/s1. The molecule has 0 unspecified atom stereocenters. The van der Waals surface area contributed by atoms with Gasteiger partial charge in [0, 0.05) is 25.0 Å². The zero-order valence-corrected chi connectivity index (χ0v) is 18.6. The number of carbonyl (C=O) groups excluding carboxylic acids is 1. The highest BCUT2D eigenvalue weighted by molar-refractivity contribution is 7.88. The second-order valence-corrected chi connectivity index (χ2v) is 11.2. The topological polar surface area (TPSA) is 66.5 Å². The van der Waals surface area contributed by atoms with Crippen LogP contribution in [0.15, 0.2) is 42.5 Å². The number of hydrogen-bond acceptors (Lipinski definition) is 3. The van der Waals surface area contributed by atoms with Gasteiger partial charge in [-0.1, -0.05) is 30.3 Å². The molecule has 2 aromatic carbocycles. The first kappa shape index (κ1) is 21.5. The smallest absolute Gasteiger partial charge is 0.226 e. The van der Waals surface area contributed by atoms with Crippen LogP contribution in [0.25, 0.3) is 11.1 Å². The first-order valence-electron chi connectivity index (χ1n) is 11.0. The quantitative estimate of drug-likeness (QED) is 0.743. The largest absolute Gasteiger partial charge is 0.342 e. The van der Waals surface area contributed by atoms with Gasteiger partial charge in [0.15, 0.2) is 0 Å². The van der Waals surface area contributed by atoms with Crippen molar-refractivity contribution in [3.8, 4) is 11.1 Å². The van der Waals surface area contributed by atoms with Gasteiger partial charge in [-0.3, -0.25) is 4.79 Å². The van der Waals surface area contributed by atoms with Crippen LogP contribution in [0.1, 0.15) is 30.7 Å². The van der Waals surface area contributed by atoms with Crippen molar-refractivity contribution < 1.29 is 22.0 Å². The molecule has 0 bridgehead atoms. The monoisotopic (exact) mass is 460 g/mol. The Morgan fingerprint density at radius 2 is 1.75 bits per heavy atom. The molecule has 1 aliphatic heterocycles. The SMILES string of the molecule is CS(=O)(=O)N[C@@H]1CC[C@H]2CN(C(=O)[C@@H]3C[C@H]3c3ccccc3-c3c(F)cccc3F)C[C@H]21. The van der Waals surface area contributed by atoms with Crippen molar-refractivity contribution in [2.24, 2.45) is 17.8 Å². The molecular weight excluding hydrogens is 434 g/mol. The van der Waals surface area contributed by atoms with Crippen LogP contribution in [0.5, 0.6) is 0 Å². The van der Waals surface area contributed by atoms with Gasteiger partial charge in [-0.25, -0.2) is 21.9 Å². The lowest BCUT2D eigenvalue weighted by Crippen LogP contribution is -2.40. The molecule has 8 heteroatoms. The van der Waals surface area contributed by atoms with Gasteiger partial charge < -0.3 is 4.90 Å². The van der Waals surface area contributed by atoms with Gasteiger partial charge in [0.25, 0.3) is 0 Å². The van der Waals surface area contributed by atoms with E-state index in [1.165, 1.54) is 24.5 Å². The average molecular weight is 461 g/mol. The van der Waals surface area contributed by atoms with Crippen molar-refractivity contribution in [1.82, 2.24) is 9.62 Å². The summed E-state index contributed by atoms with van der Waals surface area (Å²) in [6, 6.07) is 10.9. The maximum atomic E-state index is 14.4. The average Bonchev–Trinajstić information content (AvgIpc) is 3.28. The fourth-order valence-corrected chi connectivity index (χ4v) is 6.56. The number of carbonyl (C=O) groups is 1. The van der Waals surface area contributed by atoms with Crippen LogP contribution in [0, 0.1) is 29.4 Å². The van der Waals surface area contributed by atoms with E-state index in [1.807, 2.05) is 17.0 Å². The summed E-state index contributed by atoms with van der Waals surface area (Å²) in [5.41, 5.74) is 1.25. The summed E-state index contributed by atoms with van der Waals surface area (Å²) >= 11 is 0. The molecule has 1 heterocycles. The molecular formula is C24H26F2N2O3S. The number of amides is 1. The van der Waals surface area contributed by atoms with E-state index >= 15 is 0 Å². The van der Waals surface area contributed by atoms with Crippen LogP contribution in [-0.2, 0) is 14.8 Å². The molecule has 0 aromatic heterocycles. The molecule has 170 valence electrons. The van der Waals surface area contributed by atoms with Gasteiger partial charge in [0.2, 0.25) is 15.9 Å². The first-order chi connectivity index (χ1) is 15.2. The van der Waals surface area contributed by atoms with Crippen molar-refractivity contribution in [2.75, 3.05) is 19.3 Å². The third kappa shape index (κ3) is 3.94. The minimum Gasteiger partial charge on any atom is -0.342 e. The molecule has 0 radical (unpaired) electrons. The lowest BCUT2D eigenvalue weighted by Gasteiger charge is -2.21. The van der Waals surface area contributed by atoms with Crippen molar-refractivity contribution in [3.05, 3.63) is 59.7 Å². The molecule has 3 fully saturated rings. The molecule has 5 nitrogen and oxygen atoms in total. The van der Waals surface area contributed by atoms with E-state index in [-0.39, 0.29) is 35.3 Å². The van der Waals surface area contributed by atoms with Crippen LogP contribution < -0.4 is 4.72 Å². The second-order valence-electron chi connectivity index (χ2n) is 9.37. The zero-order chi connectivity index (χ0) is 22.6. The molecule has 2 aromatic rings. The highest BCUT2D eigenvalue weighted by Gasteiger charge is 2.51. The summed E-state index contributed by atoms with van der Waals surface area (Å²) < 4.78 is 54.9. The van der Waals surface area contributed by atoms with Crippen LogP contribution in [0.3, 0.4) is 0 Å². The maximum Gasteiger partial charge on any atom is 0.226 e. The third-order valence-electron chi connectivity index (χ3n) is 7.23. The van der Waals surface area contributed by atoms with Gasteiger partial charge in [-0.2, -0.15) is 0 Å². The highest BCUT2D eigenvalue weighted by atomic mass is 32.2. The second kappa shape index (κ2) is 7.92. The van der Waals surface area contributed by atoms with Gasteiger partial charge >= 0.3 is 0 Å². The minimum atomic E-state index is -3.29. The Balaban J connectivity index is 1.32. The number of fused-ring (bicyclic) bond motifs is 1. The summed E-state index contributed by atoms with van der Waals surface area (Å²) in [5.74, 6) is -0.975. The van der Waals surface area contributed by atoms with Gasteiger partial charge in [-0.05, 0) is 60.3 Å². The van der Waals surface area contributed by atoms with E-state index in [9.17, 15) is 22.0 Å². The Kier molecular flexibility index (Phi) is 5.33. The highest BCUT2D eigenvalue weighted by Crippen LogP contribution is 2.52. The first-order valence-corrected chi connectivity index (χ1v) is 12.9. The summed E-state index contributed by atoms with van der Waals surface area (Å²) in [7, 11) is -3.29. The Labute approximate surface area is 186 Å². The van der Waals surface area contributed by atoms with Gasteiger partial charge in [0.1, 0.15) is 11.6 Å². The molecule has 5 rings (SSSR count). The van der Waals surface area contributed by atoms with E-state index in [4.69, 9.17) is 0 Å². The van der Waals surface area contributed by atoms with Crippen molar-refractivity contribution >= 4 is 15.9 Å². The number of nitrogens with one attached hydrogen (secondary N) is 1. The van der Waals surface area contributed by atoms with E-state index in [0.717, 1.165) is 18.4 Å². The summed E-state index contributed by atoms with van der Waals surface area (Å²) in [6.45, 7) is 1.21. The number of rotatable bonds is 5. The van der Waals surface area contributed by atoms with Crippen LogP contribution in [-0.4, -0.2) is 44.6 Å². The number of hydrogen-bond donors (Lipinski definition) is 1. The van der Waals surface area contributed by atoms with E-state index in [2.05, 4.69) is 4.72 Å². The van der Waals surface area contributed by atoms with E-state index < -0.39 is 21.7 Å². The van der Waals surface area contributed by atoms with Crippen molar-refractivity contribution in [1.29, 1.82) is 0 Å². The molecule has 3 aliphatic rings. The summed E-state index contributed by atoms with van der Waals surface area (Å²) in [5, 5.41) is 0. The number of nitrogens with zero attached hydrogens (tertiary/aromatic N) is 1. The Hall–Kier alpha value is -2.32. The Bertz CT molecular complexity index is 1150. The summed E-state index contributed by atoms with van der Waals surface area (Å²) in [6.07, 6.45) is 3.54. The predicted molar refractivity (Wildman–Crippen MR) is 117 cm³/mol. The molecule has 1 N–H and O–H groups in total. The molecule has 5 atom stereocenters. The number of benzene rings is 2. The summed E-state index contributed by atoms with van der Waals surface area (Å²) in [4.78, 5) is 15.1. The zero-order valence-electron chi connectivity index (χ0n) is 17.8. The Morgan fingerprint density at radius 1 is 1.03 bits per heavy atom. The number of sulfonamides is 1. The van der Waals surface area contributed by atoms with Crippen molar-refractivity contribution in [3.63, 3.8) is 0 Å². The van der Waals surface area contributed by atoms with Crippen LogP contribution in [0.4, 0.5) is 8.78 Å². The lowest BCUT2D eigenvalue weighted by atomic mass is 9.95. The van der Waals surface area contributed by atoms with Gasteiger partial charge in [0.05, 0.1) is 11.8 Å². The molecule has 2 saturated carbocycles. The van der Waals surface area contributed by atoms with Crippen LogP contribution >= 0.6 is 0 Å². The lowest BCUT2D eigenvalue weighted by molar-refractivity contribution is -0.131. The number of likely N-dealkylation sites (tertiary alicyclic amines) is 1.